The van der Waals surface area contributed by atoms with Crippen molar-refractivity contribution in [3.8, 4) is 0 Å². The van der Waals surface area contributed by atoms with E-state index in [-0.39, 0.29) is 5.41 Å². The second-order valence-electron chi connectivity index (χ2n) is 7.16. The summed E-state index contributed by atoms with van der Waals surface area (Å²) >= 11 is 0. The summed E-state index contributed by atoms with van der Waals surface area (Å²) in [5, 5.41) is 0. The Labute approximate surface area is 121 Å². The van der Waals surface area contributed by atoms with E-state index in [2.05, 4.69) is 31.4 Å². The van der Waals surface area contributed by atoms with Crippen LogP contribution in [0.3, 0.4) is 0 Å². The molecule has 3 nitrogen and oxygen atoms in total. The van der Waals surface area contributed by atoms with Crippen LogP contribution in [0.2, 0.25) is 0 Å². The Morgan fingerprint density at radius 1 is 1.40 bits per heavy atom. The lowest BCUT2D eigenvalue weighted by Crippen LogP contribution is -2.28. The third-order valence-electron chi connectivity index (χ3n) is 4.70. The van der Waals surface area contributed by atoms with E-state index in [1.807, 2.05) is 0 Å². The molecule has 0 spiro atoms. The quantitative estimate of drug-likeness (QED) is 0.845. The van der Waals surface area contributed by atoms with E-state index >= 15 is 0 Å². The van der Waals surface area contributed by atoms with Crippen molar-refractivity contribution in [2.24, 2.45) is 5.41 Å². The molecule has 1 unspecified atom stereocenters. The van der Waals surface area contributed by atoms with Gasteiger partial charge in [0.1, 0.15) is 0 Å². The van der Waals surface area contributed by atoms with E-state index in [1.165, 1.54) is 24.2 Å². The Bertz CT molecular complexity index is 521. The Hall–Kier alpha value is -1.09. The number of ether oxygens (including phenoxy) is 1. The molecule has 1 aliphatic heterocycles. The van der Waals surface area contributed by atoms with E-state index < -0.39 is 0 Å². The summed E-state index contributed by atoms with van der Waals surface area (Å²) in [5.74, 6) is 0.315. The standard InChI is InChI=1S/C17H25NO2/c1-12-9-14-15(10-17(2,3)11-16(14)19)18(12)7-6-13-5-4-8-20-13/h9,13H,4-8,10-11H2,1-3H3. The van der Waals surface area contributed by atoms with E-state index in [1.54, 1.807) is 0 Å². The number of carbonyl (C=O) groups excluding carboxylic acids is 1. The fourth-order valence-corrected chi connectivity index (χ4v) is 3.66. The van der Waals surface area contributed by atoms with Crippen molar-refractivity contribution in [2.75, 3.05) is 6.61 Å². The monoisotopic (exact) mass is 275 g/mol. The Balaban J connectivity index is 1.82. The number of hydrogen-bond donors (Lipinski definition) is 0. The largest absolute Gasteiger partial charge is 0.378 e. The summed E-state index contributed by atoms with van der Waals surface area (Å²) in [5.41, 5.74) is 3.53. The number of Topliss-reactive ketones (excluding diaryl/α,β-unsaturated/α-hetero) is 1. The van der Waals surface area contributed by atoms with E-state index in [4.69, 9.17) is 4.74 Å². The van der Waals surface area contributed by atoms with Crippen molar-refractivity contribution < 1.29 is 9.53 Å². The smallest absolute Gasteiger partial charge is 0.165 e. The Morgan fingerprint density at radius 2 is 2.20 bits per heavy atom. The predicted octanol–water partition coefficient (Wildman–Crippen LogP) is 3.52. The second kappa shape index (κ2) is 5.03. The topological polar surface area (TPSA) is 31.2 Å². The zero-order chi connectivity index (χ0) is 14.3. The van der Waals surface area contributed by atoms with Gasteiger partial charge >= 0.3 is 0 Å². The maximum atomic E-state index is 12.3. The van der Waals surface area contributed by atoms with Crippen molar-refractivity contribution in [2.45, 2.75) is 65.5 Å². The molecule has 110 valence electrons. The molecule has 3 rings (SSSR count). The van der Waals surface area contributed by atoms with Gasteiger partial charge in [0.25, 0.3) is 0 Å². The fraction of sp³-hybridized carbons (Fsp3) is 0.706. The Kier molecular flexibility index (Phi) is 3.49. The molecule has 3 heteroatoms. The van der Waals surface area contributed by atoms with Gasteiger partial charge in [-0.15, -0.1) is 0 Å². The molecule has 0 amide bonds. The van der Waals surface area contributed by atoms with Crippen LogP contribution in [0.4, 0.5) is 0 Å². The van der Waals surface area contributed by atoms with Crippen LogP contribution in [0.5, 0.6) is 0 Å². The Morgan fingerprint density at radius 3 is 2.90 bits per heavy atom. The molecule has 1 aliphatic carbocycles. The van der Waals surface area contributed by atoms with Gasteiger partial charge in [0.15, 0.2) is 5.78 Å². The molecule has 1 saturated heterocycles. The van der Waals surface area contributed by atoms with Gasteiger partial charge in [-0.25, -0.2) is 0 Å². The zero-order valence-electron chi connectivity index (χ0n) is 12.9. The maximum absolute atomic E-state index is 12.3. The van der Waals surface area contributed by atoms with Crippen LogP contribution in [0.25, 0.3) is 0 Å². The summed E-state index contributed by atoms with van der Waals surface area (Å²) in [7, 11) is 0. The first-order valence-corrected chi connectivity index (χ1v) is 7.80. The minimum Gasteiger partial charge on any atom is -0.378 e. The third-order valence-corrected chi connectivity index (χ3v) is 4.70. The molecule has 0 N–H and O–H groups in total. The van der Waals surface area contributed by atoms with Crippen molar-refractivity contribution >= 4 is 5.78 Å². The number of fused-ring (bicyclic) bond motifs is 1. The maximum Gasteiger partial charge on any atom is 0.165 e. The van der Waals surface area contributed by atoms with Crippen molar-refractivity contribution in [3.05, 3.63) is 23.0 Å². The van der Waals surface area contributed by atoms with E-state index in [9.17, 15) is 4.79 Å². The molecule has 2 heterocycles. The van der Waals surface area contributed by atoms with Crippen molar-refractivity contribution in [1.29, 1.82) is 0 Å². The molecule has 20 heavy (non-hydrogen) atoms. The fourth-order valence-electron chi connectivity index (χ4n) is 3.66. The minimum absolute atomic E-state index is 0.0937. The first kappa shape index (κ1) is 13.9. The average molecular weight is 275 g/mol. The van der Waals surface area contributed by atoms with Crippen LogP contribution in [0, 0.1) is 12.3 Å². The number of aryl methyl sites for hydroxylation is 1. The number of hydrogen-bond acceptors (Lipinski definition) is 2. The lowest BCUT2D eigenvalue weighted by molar-refractivity contribution is 0.0907. The molecule has 0 bridgehead atoms. The summed E-state index contributed by atoms with van der Waals surface area (Å²) in [6.07, 6.45) is 5.55. The molecule has 0 radical (unpaired) electrons. The van der Waals surface area contributed by atoms with Gasteiger partial charge in [-0.3, -0.25) is 4.79 Å². The van der Waals surface area contributed by atoms with Gasteiger partial charge < -0.3 is 9.30 Å². The second-order valence-corrected chi connectivity index (χ2v) is 7.16. The highest BCUT2D eigenvalue weighted by Gasteiger charge is 2.33. The normalized spacial score (nSPS) is 24.9. The van der Waals surface area contributed by atoms with Gasteiger partial charge in [-0.1, -0.05) is 13.8 Å². The lowest BCUT2D eigenvalue weighted by atomic mass is 9.76. The number of ketones is 1. The zero-order valence-corrected chi connectivity index (χ0v) is 12.9. The van der Waals surface area contributed by atoms with Crippen LogP contribution >= 0.6 is 0 Å². The minimum atomic E-state index is 0.0937. The molecule has 0 saturated carbocycles. The van der Waals surface area contributed by atoms with Gasteiger partial charge in [0, 0.05) is 36.5 Å². The van der Waals surface area contributed by atoms with Crippen molar-refractivity contribution in [3.63, 3.8) is 0 Å². The molecule has 1 aromatic heterocycles. The molecule has 1 atom stereocenters. The predicted molar refractivity (Wildman–Crippen MR) is 79.2 cm³/mol. The highest BCUT2D eigenvalue weighted by Crippen LogP contribution is 2.36. The van der Waals surface area contributed by atoms with Crippen LogP contribution in [-0.2, 0) is 17.7 Å². The highest BCUT2D eigenvalue weighted by molar-refractivity contribution is 5.99. The highest BCUT2D eigenvalue weighted by atomic mass is 16.5. The molecule has 1 fully saturated rings. The van der Waals surface area contributed by atoms with E-state index in [0.29, 0.717) is 18.3 Å². The lowest BCUT2D eigenvalue weighted by Gasteiger charge is -2.30. The summed E-state index contributed by atoms with van der Waals surface area (Å²) < 4.78 is 8.07. The van der Waals surface area contributed by atoms with Crippen LogP contribution in [0.15, 0.2) is 6.07 Å². The van der Waals surface area contributed by atoms with Gasteiger partial charge in [-0.2, -0.15) is 0 Å². The van der Waals surface area contributed by atoms with Crippen LogP contribution in [0.1, 0.15) is 61.3 Å². The summed E-state index contributed by atoms with van der Waals surface area (Å²) in [4.78, 5) is 12.3. The van der Waals surface area contributed by atoms with Crippen LogP contribution in [-0.4, -0.2) is 23.1 Å². The number of nitrogens with zero attached hydrogens (tertiary/aromatic N) is 1. The molecule has 2 aliphatic rings. The van der Waals surface area contributed by atoms with Gasteiger partial charge in [0.2, 0.25) is 0 Å². The summed E-state index contributed by atoms with van der Waals surface area (Å²) in [6, 6.07) is 2.09. The average Bonchev–Trinajstić information content (AvgIpc) is 2.94. The molecule has 0 aromatic carbocycles. The third kappa shape index (κ3) is 2.56. The SMILES string of the molecule is Cc1cc2c(n1CCC1CCCO1)CC(C)(C)CC2=O. The first-order chi connectivity index (χ1) is 9.46. The van der Waals surface area contributed by atoms with E-state index in [0.717, 1.165) is 31.6 Å². The molecular weight excluding hydrogens is 250 g/mol. The van der Waals surface area contributed by atoms with Crippen LogP contribution < -0.4 is 0 Å². The van der Waals surface area contributed by atoms with Gasteiger partial charge in [-0.05, 0) is 44.1 Å². The van der Waals surface area contributed by atoms with Crippen molar-refractivity contribution in [1.82, 2.24) is 4.57 Å². The first-order valence-electron chi connectivity index (χ1n) is 7.80. The number of carbonyl (C=O) groups is 1. The number of aromatic nitrogens is 1. The molecular formula is C17H25NO2. The molecule has 1 aromatic rings. The van der Waals surface area contributed by atoms with Gasteiger partial charge in [0.05, 0.1) is 6.10 Å². The number of rotatable bonds is 3. The summed E-state index contributed by atoms with van der Waals surface area (Å²) in [6.45, 7) is 8.41.